The minimum atomic E-state index is -0.430. The molecule has 1 aromatic heterocycles. The normalized spacial score (nSPS) is 16.0. The Hall–Kier alpha value is -7.51. The van der Waals surface area contributed by atoms with Crippen molar-refractivity contribution in [1.29, 1.82) is 0 Å². The van der Waals surface area contributed by atoms with Crippen LogP contribution >= 0.6 is 11.3 Å². The molecule has 0 radical (unpaired) electrons. The number of hydrazone groups is 1. The Morgan fingerprint density at radius 3 is 2.19 bits per heavy atom. The molecule has 1 saturated heterocycles. The fourth-order valence-corrected chi connectivity index (χ4v) is 9.83. The van der Waals surface area contributed by atoms with E-state index in [4.69, 9.17) is 43.2 Å². The maximum Gasteiger partial charge on any atom is 0.330 e. The second kappa shape index (κ2) is 24.3. The fourth-order valence-electron chi connectivity index (χ4n) is 8.90. The summed E-state index contributed by atoms with van der Waals surface area (Å²) in [5.41, 5.74) is 7.02. The molecule has 2 aliphatic rings. The van der Waals surface area contributed by atoms with E-state index in [1.165, 1.54) is 12.8 Å². The second-order valence-corrected chi connectivity index (χ2v) is 19.3. The first-order valence-corrected chi connectivity index (χ1v) is 25.9. The zero-order valence-electron chi connectivity index (χ0n) is 40.8. The van der Waals surface area contributed by atoms with Crippen LogP contribution in [0.1, 0.15) is 54.4 Å². The van der Waals surface area contributed by atoms with Crippen LogP contribution in [-0.2, 0) is 38.8 Å². The maximum atomic E-state index is 11.2. The number of epoxide rings is 1. The highest BCUT2D eigenvalue weighted by molar-refractivity contribution is 7.22. The molecule has 3 atom stereocenters. The molecule has 0 spiro atoms. The van der Waals surface area contributed by atoms with Crippen molar-refractivity contribution >= 4 is 49.6 Å². The third-order valence-corrected chi connectivity index (χ3v) is 14.0. The van der Waals surface area contributed by atoms with E-state index in [-0.39, 0.29) is 6.61 Å². The number of esters is 1. The van der Waals surface area contributed by atoms with E-state index in [9.17, 15) is 4.79 Å². The molecule has 1 saturated carbocycles. The van der Waals surface area contributed by atoms with Crippen molar-refractivity contribution in [3.63, 3.8) is 0 Å². The van der Waals surface area contributed by atoms with Crippen LogP contribution in [0.5, 0.6) is 23.0 Å². The Kier molecular flexibility index (Phi) is 16.3. The molecule has 1 aliphatic carbocycles. The summed E-state index contributed by atoms with van der Waals surface area (Å²) < 4.78 is 42.7. The van der Waals surface area contributed by atoms with Gasteiger partial charge in [0.25, 0.3) is 0 Å². The lowest BCUT2D eigenvalue weighted by Crippen LogP contribution is -2.19. The number of fused-ring (bicyclic) bond motifs is 3. The number of nitrogens with zero attached hydrogens (tertiary/aromatic N) is 3. The van der Waals surface area contributed by atoms with E-state index in [1.807, 2.05) is 96.2 Å². The predicted molar refractivity (Wildman–Crippen MR) is 289 cm³/mol. The number of para-hydroxylation sites is 1. The van der Waals surface area contributed by atoms with E-state index < -0.39 is 5.97 Å². The highest BCUT2D eigenvalue weighted by Crippen LogP contribution is 2.39. The van der Waals surface area contributed by atoms with Gasteiger partial charge in [-0.25, -0.2) is 14.8 Å². The lowest BCUT2D eigenvalue weighted by atomic mass is 9.90. The van der Waals surface area contributed by atoms with Gasteiger partial charge >= 0.3 is 5.97 Å². The Morgan fingerprint density at radius 2 is 1.37 bits per heavy atom. The zero-order valence-corrected chi connectivity index (χ0v) is 41.6. The maximum absolute atomic E-state index is 11.2. The monoisotopic (exact) mass is 993 g/mol. The van der Waals surface area contributed by atoms with Crippen molar-refractivity contribution in [2.75, 3.05) is 38.0 Å². The minimum Gasteiger partial charge on any atom is -0.493 e. The molecular formula is C61H59N3O8S. The van der Waals surface area contributed by atoms with E-state index in [1.54, 1.807) is 11.3 Å². The van der Waals surface area contributed by atoms with Gasteiger partial charge in [-0.15, -0.1) is 0 Å². The van der Waals surface area contributed by atoms with Crippen molar-refractivity contribution in [2.24, 2.45) is 11.0 Å². The van der Waals surface area contributed by atoms with Gasteiger partial charge in [-0.2, -0.15) is 5.10 Å². The van der Waals surface area contributed by atoms with Crippen LogP contribution in [0.4, 0.5) is 5.13 Å². The molecule has 11 nitrogen and oxygen atoms in total. The molecular weight excluding hydrogens is 935 g/mol. The van der Waals surface area contributed by atoms with E-state index in [0.29, 0.717) is 75.6 Å². The standard InChI is InChI=1S/C61H59N3O8S/c1-2-60(65)69-33-9-32-67-52-24-21-48(22-25-52)47-18-14-44(15-19-47)41-70-54-27-29-56(51(37-54)38-62-64(39-43-10-4-3-5-11-43)61-63-55-12-6-7-13-59(55)73-61)71-42-45-16-20-50-36-53(26-23-49(50)34-45)68-31-8-30-66-40-46-17-28-57-58(35-46)72-57/h2-7,10-16,18-27,29,34,36-38,46,57-58H,1,8-9,17,28,30-33,35,39-42H2/b62-38+. The minimum absolute atomic E-state index is 0.287. The number of benzene rings is 7. The number of ether oxygens (including phenoxy) is 7. The number of aromatic nitrogens is 1. The van der Waals surface area contributed by atoms with Crippen LogP contribution in [0.15, 0.2) is 175 Å². The summed E-state index contributed by atoms with van der Waals surface area (Å²) in [5.74, 6) is 3.16. The molecule has 0 bridgehead atoms. The molecule has 372 valence electrons. The summed E-state index contributed by atoms with van der Waals surface area (Å²) in [7, 11) is 0. The molecule has 7 aromatic carbocycles. The molecule has 1 aliphatic heterocycles. The number of thiazole rings is 1. The van der Waals surface area contributed by atoms with E-state index >= 15 is 0 Å². The van der Waals surface area contributed by atoms with Gasteiger partial charge in [0.1, 0.15) is 36.2 Å². The van der Waals surface area contributed by atoms with Crippen LogP contribution < -0.4 is 24.0 Å². The Morgan fingerprint density at radius 1 is 0.671 bits per heavy atom. The third-order valence-electron chi connectivity index (χ3n) is 12.9. The van der Waals surface area contributed by atoms with Crippen molar-refractivity contribution in [1.82, 2.24) is 4.98 Å². The molecule has 2 fully saturated rings. The van der Waals surface area contributed by atoms with Crippen LogP contribution in [0.2, 0.25) is 0 Å². The van der Waals surface area contributed by atoms with Gasteiger partial charge in [0.2, 0.25) is 5.13 Å². The fraction of sp³-hybridized carbons (Fsp3) is 0.262. The quantitative estimate of drug-likeness (QED) is 0.0137. The number of carbonyl (C=O) groups is 1. The first-order valence-electron chi connectivity index (χ1n) is 25.1. The zero-order chi connectivity index (χ0) is 49.6. The van der Waals surface area contributed by atoms with Gasteiger partial charge in [-0.05, 0) is 124 Å². The second-order valence-electron chi connectivity index (χ2n) is 18.3. The van der Waals surface area contributed by atoms with Gasteiger partial charge in [-0.1, -0.05) is 115 Å². The summed E-state index contributed by atoms with van der Waals surface area (Å²) >= 11 is 1.61. The summed E-state index contributed by atoms with van der Waals surface area (Å²) in [6.07, 6.45) is 8.99. The SMILES string of the molecule is C=CC(=O)OCCCOc1ccc(-c2ccc(COc3ccc(OCc4ccc5cc(OCCCOCC6CCC7OC7C6)ccc5c4)c(/C=N/N(Cc4ccccc4)c4nc5ccccc5s4)c3)cc2)cc1. The number of rotatable bonds is 25. The largest absolute Gasteiger partial charge is 0.493 e. The molecule has 12 heteroatoms. The smallest absolute Gasteiger partial charge is 0.330 e. The van der Waals surface area contributed by atoms with Crippen molar-refractivity contribution in [2.45, 2.75) is 64.1 Å². The molecule has 2 heterocycles. The molecule has 73 heavy (non-hydrogen) atoms. The summed E-state index contributed by atoms with van der Waals surface area (Å²) in [5, 5.41) is 10.0. The molecule has 0 amide bonds. The van der Waals surface area contributed by atoms with Gasteiger partial charge < -0.3 is 33.2 Å². The van der Waals surface area contributed by atoms with Crippen LogP contribution in [0.3, 0.4) is 0 Å². The molecule has 8 aromatic rings. The number of anilines is 1. The van der Waals surface area contributed by atoms with Crippen molar-refractivity contribution < 1.29 is 38.0 Å². The van der Waals surface area contributed by atoms with Gasteiger partial charge in [0.05, 0.1) is 55.0 Å². The third kappa shape index (κ3) is 13.7. The average Bonchev–Trinajstić information content (AvgIpc) is 4.09. The van der Waals surface area contributed by atoms with Crippen molar-refractivity contribution in [3.8, 4) is 34.1 Å². The van der Waals surface area contributed by atoms with E-state index in [0.717, 1.165) is 96.5 Å². The lowest BCUT2D eigenvalue weighted by Gasteiger charge is -2.18. The first-order chi connectivity index (χ1) is 36.0. The van der Waals surface area contributed by atoms with Gasteiger partial charge in [0.15, 0.2) is 0 Å². The van der Waals surface area contributed by atoms with Crippen LogP contribution in [0, 0.1) is 5.92 Å². The molecule has 10 rings (SSSR count). The highest BCUT2D eigenvalue weighted by Gasteiger charge is 2.43. The highest BCUT2D eigenvalue weighted by atomic mass is 32.1. The van der Waals surface area contributed by atoms with Crippen molar-refractivity contribution in [3.05, 3.63) is 193 Å². The predicted octanol–water partition coefficient (Wildman–Crippen LogP) is 13.2. The van der Waals surface area contributed by atoms with Gasteiger partial charge in [0, 0.05) is 37.7 Å². The lowest BCUT2D eigenvalue weighted by molar-refractivity contribution is -0.137. The number of hydrogen-bond acceptors (Lipinski definition) is 12. The summed E-state index contributed by atoms with van der Waals surface area (Å²) in [6.45, 7) is 7.52. The number of hydrogen-bond donors (Lipinski definition) is 0. The van der Waals surface area contributed by atoms with E-state index in [2.05, 4.69) is 79.4 Å². The Labute approximate surface area is 430 Å². The summed E-state index contributed by atoms with van der Waals surface area (Å²) in [6, 6.07) is 53.2. The Balaban J connectivity index is 0.796. The van der Waals surface area contributed by atoms with Gasteiger partial charge in [-0.3, -0.25) is 0 Å². The number of carbonyl (C=O) groups excluding carboxylic acids is 1. The topological polar surface area (TPSA) is 113 Å². The van der Waals surface area contributed by atoms with Crippen LogP contribution in [0.25, 0.3) is 32.1 Å². The average molecular weight is 994 g/mol. The Bertz CT molecular complexity index is 3090. The molecule has 3 unspecified atom stereocenters. The molecule has 0 N–H and O–H groups in total. The summed E-state index contributed by atoms with van der Waals surface area (Å²) in [4.78, 5) is 16.2. The van der Waals surface area contributed by atoms with Crippen LogP contribution in [-0.4, -0.2) is 62.4 Å². The first kappa shape index (κ1) is 49.1.